The topological polar surface area (TPSA) is 83.8 Å². The van der Waals surface area contributed by atoms with Crippen LogP contribution in [0.2, 0.25) is 0 Å². The largest absolute Gasteiger partial charge is 0.478 e. The summed E-state index contributed by atoms with van der Waals surface area (Å²) in [5.41, 5.74) is -0.325. The Labute approximate surface area is 112 Å². The van der Waals surface area contributed by atoms with Crippen molar-refractivity contribution in [3.63, 3.8) is 0 Å². The molecule has 2 N–H and O–H groups in total. The summed E-state index contributed by atoms with van der Waals surface area (Å²) in [6.45, 7) is 5.35. The Morgan fingerprint density at radius 3 is 2.53 bits per heavy atom. The molecule has 0 amide bonds. The average Bonchev–Trinajstić information content (AvgIpc) is 2.24. The molecular formula is C14H20O5. The van der Waals surface area contributed by atoms with Gasteiger partial charge in [-0.05, 0) is 38.2 Å². The van der Waals surface area contributed by atoms with Gasteiger partial charge >= 0.3 is 11.9 Å². The van der Waals surface area contributed by atoms with Crippen molar-refractivity contribution in [3.05, 3.63) is 23.5 Å². The van der Waals surface area contributed by atoms with Gasteiger partial charge in [0, 0.05) is 18.6 Å². The van der Waals surface area contributed by atoms with Gasteiger partial charge in [0.1, 0.15) is 5.76 Å². The highest BCUT2D eigenvalue weighted by molar-refractivity contribution is 5.91. The Hall–Kier alpha value is -1.62. The molecule has 1 unspecified atom stereocenters. The van der Waals surface area contributed by atoms with Crippen LogP contribution in [-0.4, -0.2) is 27.8 Å². The summed E-state index contributed by atoms with van der Waals surface area (Å²) < 4.78 is 5.18. The van der Waals surface area contributed by atoms with E-state index in [1.165, 1.54) is 0 Å². The van der Waals surface area contributed by atoms with Gasteiger partial charge in [-0.25, -0.2) is 9.59 Å². The fourth-order valence-corrected chi connectivity index (χ4v) is 2.12. The normalized spacial score (nSPS) is 20.7. The van der Waals surface area contributed by atoms with Crippen molar-refractivity contribution in [2.24, 2.45) is 5.92 Å². The number of carbonyl (C=O) groups excluding carboxylic acids is 1. The lowest BCUT2D eigenvalue weighted by Crippen LogP contribution is -2.28. The number of aliphatic carboxylic acids is 1. The number of aliphatic hydroxyl groups is 1. The summed E-state index contributed by atoms with van der Waals surface area (Å²) in [6, 6.07) is 0. The molecule has 106 valence electrons. The van der Waals surface area contributed by atoms with E-state index in [0.29, 0.717) is 30.1 Å². The van der Waals surface area contributed by atoms with E-state index in [4.69, 9.17) is 9.84 Å². The first kappa shape index (κ1) is 15.4. The van der Waals surface area contributed by atoms with Crippen LogP contribution >= 0.6 is 0 Å². The maximum Gasteiger partial charge on any atom is 0.336 e. The number of esters is 1. The Bertz CT molecular complexity index is 426. The molecule has 0 fully saturated rings. The fraction of sp³-hybridized carbons (Fsp3) is 0.571. The molecule has 0 aromatic carbocycles. The minimum absolute atomic E-state index is 0.373. The molecule has 1 aliphatic rings. The van der Waals surface area contributed by atoms with Crippen LogP contribution in [0, 0.1) is 5.92 Å². The molecule has 0 heterocycles. The van der Waals surface area contributed by atoms with Crippen molar-refractivity contribution in [2.45, 2.75) is 45.6 Å². The summed E-state index contributed by atoms with van der Waals surface area (Å²) in [5.74, 6) is -1.09. The zero-order valence-electron chi connectivity index (χ0n) is 11.5. The number of allylic oxidation sites excluding steroid dienone is 1. The second-order valence-electron chi connectivity index (χ2n) is 5.40. The van der Waals surface area contributed by atoms with Crippen LogP contribution < -0.4 is 0 Å². The van der Waals surface area contributed by atoms with Crippen LogP contribution in [0.15, 0.2) is 23.5 Å². The monoisotopic (exact) mass is 268 g/mol. The van der Waals surface area contributed by atoms with Crippen molar-refractivity contribution in [2.75, 3.05) is 0 Å². The van der Waals surface area contributed by atoms with E-state index in [9.17, 15) is 14.7 Å². The van der Waals surface area contributed by atoms with E-state index in [1.807, 2.05) is 6.92 Å². The third kappa shape index (κ3) is 4.87. The zero-order valence-corrected chi connectivity index (χ0v) is 11.5. The number of ether oxygens (including phenoxy) is 1. The number of carbonyl (C=O) groups is 2. The Morgan fingerprint density at radius 1 is 1.37 bits per heavy atom. The van der Waals surface area contributed by atoms with Gasteiger partial charge in [-0.2, -0.15) is 0 Å². The van der Waals surface area contributed by atoms with Crippen molar-refractivity contribution in [3.8, 4) is 0 Å². The van der Waals surface area contributed by atoms with Crippen molar-refractivity contribution >= 4 is 11.9 Å². The second kappa shape index (κ2) is 6.02. The molecule has 1 rings (SSSR count). The summed E-state index contributed by atoms with van der Waals surface area (Å²) in [6.07, 6.45) is 3.79. The Kier molecular flexibility index (Phi) is 4.89. The van der Waals surface area contributed by atoms with Gasteiger partial charge in [-0.3, -0.25) is 0 Å². The molecule has 0 aromatic heterocycles. The molecule has 0 radical (unpaired) electrons. The van der Waals surface area contributed by atoms with Crippen LogP contribution in [0.5, 0.6) is 0 Å². The SMILES string of the molecule is CC1CCC(C(C)(C)O)=C(OC(=O)/C=C\C(=O)O)C1. The van der Waals surface area contributed by atoms with Gasteiger partial charge in [0.25, 0.3) is 0 Å². The third-order valence-electron chi connectivity index (χ3n) is 3.08. The second-order valence-corrected chi connectivity index (χ2v) is 5.40. The lowest BCUT2D eigenvalue weighted by atomic mass is 9.82. The summed E-state index contributed by atoms with van der Waals surface area (Å²) >= 11 is 0. The van der Waals surface area contributed by atoms with E-state index in [2.05, 4.69) is 0 Å². The number of hydrogen-bond donors (Lipinski definition) is 2. The van der Waals surface area contributed by atoms with Crippen LogP contribution in [0.3, 0.4) is 0 Å². The standard InChI is InChI=1S/C14H20O5/c1-9-4-5-10(14(2,3)18)11(8-9)19-13(17)7-6-12(15)16/h6-7,9,18H,4-5,8H2,1-3H3,(H,15,16)/b7-6-. The summed E-state index contributed by atoms with van der Waals surface area (Å²) in [7, 11) is 0. The molecule has 0 saturated heterocycles. The molecule has 0 aromatic rings. The van der Waals surface area contributed by atoms with Crippen molar-refractivity contribution < 1.29 is 24.5 Å². The highest BCUT2D eigenvalue weighted by Gasteiger charge is 2.29. The predicted octanol–water partition coefficient (Wildman–Crippen LogP) is 2.02. The smallest absolute Gasteiger partial charge is 0.336 e. The maximum absolute atomic E-state index is 11.5. The third-order valence-corrected chi connectivity index (χ3v) is 3.08. The molecule has 5 nitrogen and oxygen atoms in total. The first-order valence-electron chi connectivity index (χ1n) is 6.28. The lowest BCUT2D eigenvalue weighted by molar-refractivity contribution is -0.136. The van der Waals surface area contributed by atoms with Crippen LogP contribution in [-0.2, 0) is 14.3 Å². The Morgan fingerprint density at radius 2 is 2.00 bits per heavy atom. The van der Waals surface area contributed by atoms with Gasteiger partial charge in [-0.1, -0.05) is 6.92 Å². The molecule has 1 atom stereocenters. The summed E-state index contributed by atoms with van der Waals surface area (Å²) in [5, 5.41) is 18.5. The van der Waals surface area contributed by atoms with E-state index < -0.39 is 17.5 Å². The van der Waals surface area contributed by atoms with E-state index >= 15 is 0 Å². The van der Waals surface area contributed by atoms with Crippen LogP contribution in [0.1, 0.15) is 40.0 Å². The van der Waals surface area contributed by atoms with Crippen LogP contribution in [0.25, 0.3) is 0 Å². The lowest BCUT2D eigenvalue weighted by Gasteiger charge is -2.30. The number of carboxylic acid groups (broad SMARTS) is 1. The van der Waals surface area contributed by atoms with Crippen molar-refractivity contribution in [1.29, 1.82) is 0 Å². The molecule has 1 aliphatic carbocycles. The highest BCUT2D eigenvalue weighted by Crippen LogP contribution is 2.35. The first-order chi connectivity index (χ1) is 8.70. The molecule has 0 aliphatic heterocycles. The highest BCUT2D eigenvalue weighted by atomic mass is 16.5. The first-order valence-corrected chi connectivity index (χ1v) is 6.28. The molecule has 0 spiro atoms. The van der Waals surface area contributed by atoms with Gasteiger partial charge in [0.15, 0.2) is 0 Å². The maximum atomic E-state index is 11.5. The zero-order chi connectivity index (χ0) is 14.6. The number of carboxylic acids is 1. The quantitative estimate of drug-likeness (QED) is 0.602. The average molecular weight is 268 g/mol. The minimum atomic E-state index is -1.20. The van der Waals surface area contributed by atoms with Gasteiger partial charge in [0.2, 0.25) is 0 Å². The molecule has 5 heteroatoms. The molecule has 19 heavy (non-hydrogen) atoms. The fourth-order valence-electron chi connectivity index (χ4n) is 2.12. The Balaban J connectivity index is 2.89. The minimum Gasteiger partial charge on any atom is -0.478 e. The number of rotatable bonds is 4. The molecule has 0 saturated carbocycles. The van der Waals surface area contributed by atoms with E-state index in [0.717, 1.165) is 18.6 Å². The number of hydrogen-bond acceptors (Lipinski definition) is 4. The molecular weight excluding hydrogens is 248 g/mol. The predicted molar refractivity (Wildman–Crippen MR) is 69.2 cm³/mol. The van der Waals surface area contributed by atoms with Gasteiger partial charge in [-0.15, -0.1) is 0 Å². The van der Waals surface area contributed by atoms with E-state index in [1.54, 1.807) is 13.8 Å². The van der Waals surface area contributed by atoms with Crippen molar-refractivity contribution in [1.82, 2.24) is 0 Å². The van der Waals surface area contributed by atoms with E-state index in [-0.39, 0.29) is 0 Å². The summed E-state index contributed by atoms with van der Waals surface area (Å²) in [4.78, 5) is 21.8. The molecule has 0 bridgehead atoms. The van der Waals surface area contributed by atoms with Gasteiger partial charge in [0.05, 0.1) is 5.60 Å². The van der Waals surface area contributed by atoms with Gasteiger partial charge < -0.3 is 14.9 Å². The van der Waals surface area contributed by atoms with Crippen LogP contribution in [0.4, 0.5) is 0 Å².